The quantitative estimate of drug-likeness (QED) is 0.856. The van der Waals surface area contributed by atoms with Crippen molar-refractivity contribution in [2.24, 2.45) is 5.73 Å². The standard InChI is InChI=1S/C14H28N2.2ClH/c15-11-12-16(13-7-3-1-4-8-13)14-9-5-2-6-10-14;;/h13-14H,1-12,15H2;2*1H. The summed E-state index contributed by atoms with van der Waals surface area (Å²) >= 11 is 0. The van der Waals surface area contributed by atoms with Crippen molar-refractivity contribution < 1.29 is 0 Å². The van der Waals surface area contributed by atoms with E-state index in [4.69, 9.17) is 5.73 Å². The van der Waals surface area contributed by atoms with Crippen molar-refractivity contribution in [3.8, 4) is 0 Å². The van der Waals surface area contributed by atoms with E-state index >= 15 is 0 Å². The number of hydrogen-bond donors (Lipinski definition) is 1. The summed E-state index contributed by atoms with van der Waals surface area (Å²) in [5, 5.41) is 0. The molecule has 2 fully saturated rings. The van der Waals surface area contributed by atoms with Gasteiger partial charge in [-0.3, -0.25) is 4.90 Å². The molecule has 110 valence electrons. The Bertz CT molecular complexity index is 172. The van der Waals surface area contributed by atoms with Crippen LogP contribution in [0.5, 0.6) is 0 Å². The fraction of sp³-hybridized carbons (Fsp3) is 1.00. The summed E-state index contributed by atoms with van der Waals surface area (Å²) in [6.07, 6.45) is 14.4. The first kappa shape index (κ1) is 18.5. The Balaban J connectivity index is 0.00000144. The first-order valence-electron chi connectivity index (χ1n) is 7.37. The van der Waals surface area contributed by atoms with Gasteiger partial charge in [-0.2, -0.15) is 0 Å². The van der Waals surface area contributed by atoms with Gasteiger partial charge in [0, 0.05) is 25.2 Å². The fourth-order valence-corrected chi connectivity index (χ4v) is 3.64. The predicted molar refractivity (Wildman–Crippen MR) is 84.0 cm³/mol. The maximum absolute atomic E-state index is 5.80. The SMILES string of the molecule is Cl.Cl.NCCN(C1CCCCC1)C1CCCCC1. The zero-order valence-corrected chi connectivity index (χ0v) is 13.1. The summed E-state index contributed by atoms with van der Waals surface area (Å²) in [4.78, 5) is 2.78. The third-order valence-electron chi connectivity index (χ3n) is 4.47. The minimum atomic E-state index is 0. The largest absolute Gasteiger partial charge is 0.329 e. The molecule has 18 heavy (non-hydrogen) atoms. The van der Waals surface area contributed by atoms with Crippen LogP contribution in [0, 0.1) is 0 Å². The van der Waals surface area contributed by atoms with Crippen molar-refractivity contribution in [2.75, 3.05) is 13.1 Å². The van der Waals surface area contributed by atoms with Crippen LogP contribution in [0.3, 0.4) is 0 Å². The monoisotopic (exact) mass is 296 g/mol. The summed E-state index contributed by atoms with van der Waals surface area (Å²) in [6, 6.07) is 1.72. The second kappa shape index (κ2) is 10.3. The molecule has 2 aliphatic carbocycles. The third-order valence-corrected chi connectivity index (χ3v) is 4.47. The van der Waals surface area contributed by atoms with Gasteiger partial charge in [-0.25, -0.2) is 0 Å². The molecule has 0 saturated heterocycles. The van der Waals surface area contributed by atoms with Gasteiger partial charge in [0.15, 0.2) is 0 Å². The molecule has 0 unspecified atom stereocenters. The molecule has 0 aromatic carbocycles. The molecule has 0 bridgehead atoms. The lowest BCUT2D eigenvalue weighted by molar-refractivity contribution is 0.0842. The van der Waals surface area contributed by atoms with Gasteiger partial charge < -0.3 is 5.73 Å². The molecule has 0 heterocycles. The van der Waals surface area contributed by atoms with E-state index < -0.39 is 0 Å². The highest BCUT2D eigenvalue weighted by atomic mass is 35.5. The molecule has 0 atom stereocenters. The highest BCUT2D eigenvalue weighted by Crippen LogP contribution is 2.29. The van der Waals surface area contributed by atoms with Crippen LogP contribution in [-0.4, -0.2) is 30.1 Å². The van der Waals surface area contributed by atoms with Crippen molar-refractivity contribution >= 4 is 24.8 Å². The van der Waals surface area contributed by atoms with E-state index in [0.29, 0.717) is 0 Å². The van der Waals surface area contributed by atoms with Crippen molar-refractivity contribution in [3.63, 3.8) is 0 Å². The van der Waals surface area contributed by atoms with E-state index in [1.54, 1.807) is 0 Å². The number of halogens is 2. The molecule has 0 aromatic rings. The van der Waals surface area contributed by atoms with Gasteiger partial charge in [0.1, 0.15) is 0 Å². The minimum Gasteiger partial charge on any atom is -0.329 e. The first-order chi connectivity index (χ1) is 7.92. The van der Waals surface area contributed by atoms with Crippen LogP contribution in [0.2, 0.25) is 0 Å². The Kier molecular flexibility index (Phi) is 10.6. The maximum Gasteiger partial charge on any atom is 0.0110 e. The van der Waals surface area contributed by atoms with E-state index in [9.17, 15) is 0 Å². The van der Waals surface area contributed by atoms with Crippen LogP contribution in [0.4, 0.5) is 0 Å². The number of rotatable bonds is 4. The van der Waals surface area contributed by atoms with Gasteiger partial charge in [0.25, 0.3) is 0 Å². The lowest BCUT2D eigenvalue weighted by Gasteiger charge is -2.41. The molecule has 0 aliphatic heterocycles. The molecule has 0 radical (unpaired) electrons. The Labute approximate surface area is 125 Å². The average molecular weight is 297 g/mol. The minimum absolute atomic E-state index is 0. The average Bonchev–Trinajstić information content (AvgIpc) is 2.38. The molecular formula is C14H30Cl2N2. The highest BCUT2D eigenvalue weighted by molar-refractivity contribution is 5.85. The molecule has 2 N–H and O–H groups in total. The number of nitrogens with two attached hydrogens (primary N) is 1. The number of nitrogens with zero attached hydrogens (tertiary/aromatic N) is 1. The van der Waals surface area contributed by atoms with Gasteiger partial charge in [-0.05, 0) is 25.7 Å². The molecule has 2 nitrogen and oxygen atoms in total. The van der Waals surface area contributed by atoms with Crippen LogP contribution in [-0.2, 0) is 0 Å². The second-order valence-electron chi connectivity index (χ2n) is 5.61. The summed E-state index contributed by atoms with van der Waals surface area (Å²) in [6.45, 7) is 1.97. The Hall–Kier alpha value is 0.500. The van der Waals surface area contributed by atoms with Crippen molar-refractivity contribution in [1.29, 1.82) is 0 Å². The van der Waals surface area contributed by atoms with Gasteiger partial charge in [-0.1, -0.05) is 38.5 Å². The van der Waals surface area contributed by atoms with Gasteiger partial charge in [-0.15, -0.1) is 24.8 Å². The Morgan fingerprint density at radius 1 is 0.722 bits per heavy atom. The van der Waals surface area contributed by atoms with E-state index in [2.05, 4.69) is 4.90 Å². The lowest BCUT2D eigenvalue weighted by Crippen LogP contribution is -2.47. The molecule has 2 aliphatic rings. The maximum atomic E-state index is 5.80. The van der Waals surface area contributed by atoms with Crippen molar-refractivity contribution in [1.82, 2.24) is 4.90 Å². The Morgan fingerprint density at radius 3 is 1.44 bits per heavy atom. The molecule has 4 heteroatoms. The Morgan fingerprint density at radius 2 is 1.11 bits per heavy atom. The zero-order valence-electron chi connectivity index (χ0n) is 11.5. The van der Waals surface area contributed by atoms with E-state index in [-0.39, 0.29) is 24.8 Å². The fourth-order valence-electron chi connectivity index (χ4n) is 3.64. The lowest BCUT2D eigenvalue weighted by atomic mass is 9.88. The molecule has 0 spiro atoms. The van der Waals surface area contributed by atoms with Crippen LogP contribution in [0.25, 0.3) is 0 Å². The summed E-state index contributed by atoms with van der Waals surface area (Å²) in [5.41, 5.74) is 5.80. The van der Waals surface area contributed by atoms with E-state index in [1.165, 1.54) is 64.2 Å². The summed E-state index contributed by atoms with van der Waals surface area (Å²) < 4.78 is 0. The third kappa shape index (κ3) is 5.24. The van der Waals surface area contributed by atoms with Crippen LogP contribution in [0.15, 0.2) is 0 Å². The molecule has 2 rings (SSSR count). The highest BCUT2D eigenvalue weighted by Gasteiger charge is 2.27. The number of hydrogen-bond acceptors (Lipinski definition) is 2. The van der Waals surface area contributed by atoms with Crippen LogP contribution < -0.4 is 5.73 Å². The normalized spacial score (nSPS) is 22.3. The van der Waals surface area contributed by atoms with Crippen LogP contribution in [0.1, 0.15) is 64.2 Å². The predicted octanol–water partition coefficient (Wildman–Crippen LogP) is 3.76. The molecule has 0 amide bonds. The van der Waals surface area contributed by atoms with E-state index in [1.807, 2.05) is 0 Å². The van der Waals surface area contributed by atoms with Crippen molar-refractivity contribution in [2.45, 2.75) is 76.3 Å². The second-order valence-corrected chi connectivity index (χ2v) is 5.61. The first-order valence-corrected chi connectivity index (χ1v) is 7.37. The smallest absolute Gasteiger partial charge is 0.0110 e. The van der Waals surface area contributed by atoms with Gasteiger partial charge in [0.2, 0.25) is 0 Å². The van der Waals surface area contributed by atoms with Gasteiger partial charge >= 0.3 is 0 Å². The molecule has 2 saturated carbocycles. The summed E-state index contributed by atoms with van der Waals surface area (Å²) in [5.74, 6) is 0. The molecular weight excluding hydrogens is 267 g/mol. The topological polar surface area (TPSA) is 29.3 Å². The van der Waals surface area contributed by atoms with E-state index in [0.717, 1.165) is 25.2 Å². The van der Waals surface area contributed by atoms with Gasteiger partial charge in [0.05, 0.1) is 0 Å². The van der Waals surface area contributed by atoms with Crippen LogP contribution >= 0.6 is 24.8 Å². The van der Waals surface area contributed by atoms with Crippen molar-refractivity contribution in [3.05, 3.63) is 0 Å². The molecule has 0 aromatic heterocycles. The summed E-state index contributed by atoms with van der Waals surface area (Å²) in [7, 11) is 0. The zero-order chi connectivity index (χ0) is 11.2.